The highest BCUT2D eigenvalue weighted by Crippen LogP contribution is 2.12. The number of fused-ring (bicyclic) bond motifs is 1. The van der Waals surface area contributed by atoms with Crippen molar-refractivity contribution in [2.75, 3.05) is 0 Å². The molecule has 0 saturated carbocycles. The van der Waals surface area contributed by atoms with Gasteiger partial charge in [-0.05, 0) is 30.2 Å². The summed E-state index contributed by atoms with van der Waals surface area (Å²) in [5.74, 6) is -0.0943. The van der Waals surface area contributed by atoms with Gasteiger partial charge < -0.3 is 5.32 Å². The molecule has 0 aliphatic heterocycles. The van der Waals surface area contributed by atoms with Gasteiger partial charge in [-0.25, -0.2) is 8.42 Å². The van der Waals surface area contributed by atoms with Gasteiger partial charge in [0.05, 0.1) is 11.4 Å². The van der Waals surface area contributed by atoms with Crippen molar-refractivity contribution in [3.63, 3.8) is 0 Å². The van der Waals surface area contributed by atoms with E-state index in [1.165, 1.54) is 12.1 Å². The second-order valence-corrected chi connectivity index (χ2v) is 8.13. The fraction of sp³-hybridized carbons (Fsp3) is 0.278. The van der Waals surface area contributed by atoms with Crippen LogP contribution in [0.15, 0.2) is 59.6 Å². The van der Waals surface area contributed by atoms with Gasteiger partial charge in [-0.1, -0.05) is 38.1 Å². The number of hydrogen-bond acceptors (Lipinski definition) is 5. The Bertz CT molecular complexity index is 1030. The largest absolute Gasteiger partial charge is 0.347 e. The zero-order valence-corrected chi connectivity index (χ0v) is 15.8. The highest BCUT2D eigenvalue weighted by Gasteiger charge is 2.28. The molecule has 0 fully saturated rings. The van der Waals surface area contributed by atoms with E-state index < -0.39 is 22.0 Å². The van der Waals surface area contributed by atoms with Crippen molar-refractivity contribution >= 4 is 21.6 Å². The fourth-order valence-electron chi connectivity index (χ4n) is 2.61. The lowest BCUT2D eigenvalue weighted by Gasteiger charge is -2.21. The zero-order valence-electron chi connectivity index (χ0n) is 15.0. The summed E-state index contributed by atoms with van der Waals surface area (Å²) in [7, 11) is -3.80. The number of carbonyl (C=O) groups excluding carboxylic acids is 1. The number of amides is 1. The third kappa shape index (κ3) is 4.32. The smallest absolute Gasteiger partial charge is 0.241 e. The van der Waals surface area contributed by atoms with Gasteiger partial charge in [-0.2, -0.15) is 4.72 Å². The van der Waals surface area contributed by atoms with Crippen LogP contribution in [0.1, 0.15) is 19.7 Å². The first-order valence-corrected chi connectivity index (χ1v) is 10.0. The van der Waals surface area contributed by atoms with Gasteiger partial charge in [0.1, 0.15) is 6.04 Å². The summed E-state index contributed by atoms with van der Waals surface area (Å²) < 4.78 is 29.3. The van der Waals surface area contributed by atoms with Crippen LogP contribution in [-0.2, 0) is 21.4 Å². The standard InChI is InChI=1S/C18H21N5O3S/c1-13(2)17(22-27(25,26)14-8-4-3-5-9-14)18(24)19-12-16-21-20-15-10-6-7-11-23(15)16/h3-11,13,17,22H,12H2,1-2H3,(H,19,24)/t17-/m0/s1. The lowest BCUT2D eigenvalue weighted by molar-refractivity contribution is -0.123. The highest BCUT2D eigenvalue weighted by atomic mass is 32.2. The maximum atomic E-state index is 12.6. The van der Waals surface area contributed by atoms with E-state index in [4.69, 9.17) is 0 Å². The molecule has 3 aromatic rings. The first-order valence-electron chi connectivity index (χ1n) is 8.52. The quantitative estimate of drug-likeness (QED) is 0.637. The summed E-state index contributed by atoms with van der Waals surface area (Å²) in [5.41, 5.74) is 0.673. The molecule has 2 heterocycles. The molecule has 0 aliphatic carbocycles. The van der Waals surface area contributed by atoms with Crippen LogP contribution in [0.4, 0.5) is 0 Å². The predicted molar refractivity (Wildman–Crippen MR) is 100 cm³/mol. The molecule has 0 radical (unpaired) electrons. The van der Waals surface area contributed by atoms with Crippen molar-refractivity contribution in [1.29, 1.82) is 0 Å². The molecule has 0 unspecified atom stereocenters. The number of aromatic nitrogens is 3. The first kappa shape index (κ1) is 19.0. The van der Waals surface area contributed by atoms with Crippen molar-refractivity contribution in [2.24, 2.45) is 5.92 Å². The molecule has 0 aliphatic rings. The molecule has 2 aromatic heterocycles. The van der Waals surface area contributed by atoms with Gasteiger partial charge in [0, 0.05) is 6.20 Å². The van der Waals surface area contributed by atoms with Crippen molar-refractivity contribution in [1.82, 2.24) is 24.6 Å². The maximum Gasteiger partial charge on any atom is 0.241 e. The number of carbonyl (C=O) groups is 1. The SMILES string of the molecule is CC(C)[C@H](NS(=O)(=O)c1ccccc1)C(=O)NCc1nnc2ccccn12. The Morgan fingerprint density at radius 2 is 1.78 bits per heavy atom. The van der Waals surface area contributed by atoms with E-state index in [9.17, 15) is 13.2 Å². The van der Waals surface area contributed by atoms with E-state index in [0.717, 1.165) is 0 Å². The van der Waals surface area contributed by atoms with E-state index in [1.807, 2.05) is 18.2 Å². The molecule has 27 heavy (non-hydrogen) atoms. The second kappa shape index (κ2) is 7.85. The van der Waals surface area contributed by atoms with Crippen molar-refractivity contribution in [3.05, 3.63) is 60.6 Å². The number of benzene rings is 1. The van der Waals surface area contributed by atoms with E-state index in [2.05, 4.69) is 20.2 Å². The summed E-state index contributed by atoms with van der Waals surface area (Å²) >= 11 is 0. The maximum absolute atomic E-state index is 12.6. The molecule has 1 amide bonds. The van der Waals surface area contributed by atoms with Crippen molar-refractivity contribution in [2.45, 2.75) is 31.3 Å². The molecular formula is C18H21N5O3S. The lowest BCUT2D eigenvalue weighted by atomic mass is 10.1. The molecule has 8 nitrogen and oxygen atoms in total. The van der Waals surface area contributed by atoms with E-state index in [0.29, 0.717) is 11.5 Å². The Kier molecular flexibility index (Phi) is 5.52. The number of rotatable bonds is 7. The topological polar surface area (TPSA) is 105 Å². The third-order valence-corrected chi connectivity index (χ3v) is 5.55. The Hall–Kier alpha value is -2.78. The molecule has 1 atom stereocenters. The van der Waals surface area contributed by atoms with Gasteiger partial charge >= 0.3 is 0 Å². The number of pyridine rings is 1. The Balaban J connectivity index is 1.72. The second-order valence-electron chi connectivity index (χ2n) is 6.42. The molecule has 0 saturated heterocycles. The van der Waals surface area contributed by atoms with Gasteiger partial charge in [-0.3, -0.25) is 9.20 Å². The fourth-order valence-corrected chi connectivity index (χ4v) is 3.98. The van der Waals surface area contributed by atoms with Crippen LogP contribution in [0.3, 0.4) is 0 Å². The molecule has 1 aromatic carbocycles. The Morgan fingerprint density at radius 1 is 1.07 bits per heavy atom. The number of hydrogen-bond donors (Lipinski definition) is 2. The zero-order chi connectivity index (χ0) is 19.4. The lowest BCUT2D eigenvalue weighted by Crippen LogP contribution is -2.49. The predicted octanol–water partition coefficient (Wildman–Crippen LogP) is 1.35. The molecule has 9 heteroatoms. The number of nitrogens with one attached hydrogen (secondary N) is 2. The van der Waals surface area contributed by atoms with Gasteiger partial charge in [0.2, 0.25) is 15.9 Å². The summed E-state index contributed by atoms with van der Waals surface area (Å²) in [5, 5.41) is 10.8. The minimum absolute atomic E-state index is 0.118. The van der Waals surface area contributed by atoms with E-state index in [-0.39, 0.29) is 17.4 Å². The van der Waals surface area contributed by atoms with E-state index in [1.54, 1.807) is 42.6 Å². The highest BCUT2D eigenvalue weighted by molar-refractivity contribution is 7.89. The van der Waals surface area contributed by atoms with Crippen molar-refractivity contribution < 1.29 is 13.2 Å². The minimum atomic E-state index is -3.80. The molecular weight excluding hydrogens is 366 g/mol. The summed E-state index contributed by atoms with van der Waals surface area (Å²) in [6.07, 6.45) is 1.80. The monoisotopic (exact) mass is 387 g/mol. The van der Waals surface area contributed by atoms with Crippen molar-refractivity contribution in [3.8, 4) is 0 Å². The van der Waals surface area contributed by atoms with Crippen LogP contribution in [0, 0.1) is 5.92 Å². The van der Waals surface area contributed by atoms with Gasteiger partial charge in [-0.15, -0.1) is 10.2 Å². The van der Waals surface area contributed by atoms with Crippen LogP contribution in [0.25, 0.3) is 5.65 Å². The van der Waals surface area contributed by atoms with Crippen LogP contribution < -0.4 is 10.0 Å². The van der Waals surface area contributed by atoms with Crippen LogP contribution in [0.2, 0.25) is 0 Å². The number of sulfonamides is 1. The van der Waals surface area contributed by atoms with Crippen LogP contribution in [-0.4, -0.2) is 35.0 Å². The third-order valence-electron chi connectivity index (χ3n) is 4.09. The van der Waals surface area contributed by atoms with Crippen LogP contribution >= 0.6 is 0 Å². The molecule has 142 valence electrons. The summed E-state index contributed by atoms with van der Waals surface area (Å²) in [4.78, 5) is 12.7. The summed E-state index contributed by atoms with van der Waals surface area (Å²) in [6.45, 7) is 3.70. The molecule has 2 N–H and O–H groups in total. The molecule has 3 rings (SSSR count). The molecule has 0 spiro atoms. The van der Waals surface area contributed by atoms with E-state index >= 15 is 0 Å². The number of nitrogens with zero attached hydrogens (tertiary/aromatic N) is 3. The minimum Gasteiger partial charge on any atom is -0.347 e. The van der Waals surface area contributed by atoms with Gasteiger partial charge in [0.25, 0.3) is 0 Å². The first-order chi connectivity index (χ1) is 12.9. The Labute approximate surface area is 157 Å². The van der Waals surface area contributed by atoms with Crippen LogP contribution in [0.5, 0.6) is 0 Å². The Morgan fingerprint density at radius 3 is 2.48 bits per heavy atom. The average molecular weight is 387 g/mol. The molecule has 0 bridgehead atoms. The van der Waals surface area contributed by atoms with Gasteiger partial charge in [0.15, 0.2) is 11.5 Å². The summed E-state index contributed by atoms with van der Waals surface area (Å²) in [6, 6.07) is 12.6. The normalized spacial score (nSPS) is 13.0. The average Bonchev–Trinajstić information content (AvgIpc) is 3.08.